The maximum Gasteiger partial charge on any atom is 0.296 e. The Bertz CT molecular complexity index is 1350. The number of aliphatic hydroxyl groups excluding tert-OH is 1. The fourth-order valence-corrected chi connectivity index (χ4v) is 5.98. The molecule has 9 nitrogen and oxygen atoms in total. The van der Waals surface area contributed by atoms with Gasteiger partial charge in [0.2, 0.25) is 0 Å². The molecule has 6 rings (SSSR count). The van der Waals surface area contributed by atoms with Crippen LogP contribution in [0.1, 0.15) is 43.7 Å². The zero-order valence-corrected chi connectivity index (χ0v) is 21.3. The predicted octanol–water partition coefficient (Wildman–Crippen LogP) is 3.36. The Morgan fingerprint density at radius 1 is 1.05 bits per heavy atom. The van der Waals surface area contributed by atoms with Gasteiger partial charge in [0.15, 0.2) is 17.0 Å². The van der Waals surface area contributed by atoms with Gasteiger partial charge in [-0.2, -0.15) is 0 Å². The molecule has 2 aromatic carbocycles. The number of amides is 2. The monoisotopic (exact) mass is 518 g/mol. The van der Waals surface area contributed by atoms with Crippen molar-refractivity contribution in [2.45, 2.75) is 44.2 Å². The van der Waals surface area contributed by atoms with E-state index in [4.69, 9.17) is 14.2 Å². The van der Waals surface area contributed by atoms with E-state index < -0.39 is 28.9 Å². The molecule has 9 heteroatoms. The molecule has 0 unspecified atom stereocenters. The van der Waals surface area contributed by atoms with Gasteiger partial charge >= 0.3 is 0 Å². The first-order valence-corrected chi connectivity index (χ1v) is 13.2. The molecule has 2 saturated heterocycles. The Morgan fingerprint density at radius 3 is 2.61 bits per heavy atom. The van der Waals surface area contributed by atoms with Gasteiger partial charge in [-0.05, 0) is 43.5 Å². The van der Waals surface area contributed by atoms with Gasteiger partial charge in [-0.1, -0.05) is 31.5 Å². The van der Waals surface area contributed by atoms with E-state index in [1.165, 1.54) is 4.90 Å². The molecule has 0 saturated carbocycles. The number of fused-ring (bicyclic) bond motifs is 3. The number of ether oxygens (including phenoxy) is 3. The lowest BCUT2D eigenvalue weighted by Gasteiger charge is -2.35. The largest absolute Gasteiger partial charge is 0.507 e. The number of Topliss-reactive ketones (excluding diaryl/α,β-unsaturated/α-hetero) is 1. The minimum Gasteiger partial charge on any atom is -0.507 e. The van der Waals surface area contributed by atoms with Crippen molar-refractivity contribution in [3.8, 4) is 11.5 Å². The van der Waals surface area contributed by atoms with E-state index in [0.29, 0.717) is 49.1 Å². The molecule has 4 heterocycles. The number of nitrogens with zero attached hydrogens (tertiary/aromatic N) is 2. The van der Waals surface area contributed by atoms with Crippen LogP contribution in [-0.2, 0) is 24.7 Å². The van der Waals surface area contributed by atoms with Gasteiger partial charge in [0.05, 0.1) is 17.4 Å². The summed E-state index contributed by atoms with van der Waals surface area (Å²) >= 11 is 0. The Balaban J connectivity index is 1.58. The van der Waals surface area contributed by atoms with Crippen LogP contribution in [0.25, 0.3) is 5.76 Å². The lowest BCUT2D eigenvalue weighted by Crippen LogP contribution is -2.54. The number of para-hydroxylation sites is 1. The minimum atomic E-state index is -1.79. The number of anilines is 1. The molecule has 2 atom stereocenters. The molecular weight excluding hydrogens is 488 g/mol. The molecule has 0 bridgehead atoms. The number of benzene rings is 2. The average molecular weight is 519 g/mol. The number of carbonyl (C=O) groups excluding carboxylic acids is 3. The van der Waals surface area contributed by atoms with Crippen LogP contribution in [0.15, 0.2) is 48.0 Å². The molecule has 2 fully saturated rings. The summed E-state index contributed by atoms with van der Waals surface area (Å²) in [6, 6.07) is 12.0. The third-order valence-electron chi connectivity index (χ3n) is 7.77. The van der Waals surface area contributed by atoms with Crippen LogP contribution >= 0.6 is 0 Å². The average Bonchev–Trinajstić information content (AvgIpc) is 3.60. The summed E-state index contributed by atoms with van der Waals surface area (Å²) in [5, 5.41) is 11.7. The van der Waals surface area contributed by atoms with Gasteiger partial charge < -0.3 is 29.1 Å². The molecule has 1 spiro atoms. The van der Waals surface area contributed by atoms with Crippen LogP contribution in [0.4, 0.5) is 5.69 Å². The molecule has 0 radical (unpaired) electrons. The van der Waals surface area contributed by atoms with Crippen molar-refractivity contribution >= 4 is 29.0 Å². The summed E-state index contributed by atoms with van der Waals surface area (Å²) in [4.78, 5) is 44.9. The van der Waals surface area contributed by atoms with Gasteiger partial charge in [-0.15, -0.1) is 0 Å². The normalized spacial score (nSPS) is 25.5. The lowest BCUT2D eigenvalue weighted by molar-refractivity contribution is -0.145. The van der Waals surface area contributed by atoms with E-state index in [2.05, 4.69) is 0 Å². The standard InChI is InChI=1S/C29H30N2O7/c1-2-3-12-30-21-9-5-4-8-20(21)29(28(30)35)24(26(33)27(34)31(29)17-19-7-6-13-36-19)25(32)18-10-11-22-23(16-18)38-15-14-37-22/h4-5,8-11,16,19,32H,2-3,6-7,12-15,17H2,1H3/b25-24-/t19-,29+/m0/s1. The number of aliphatic hydroxyl groups is 1. The molecule has 38 heavy (non-hydrogen) atoms. The summed E-state index contributed by atoms with van der Waals surface area (Å²) in [7, 11) is 0. The van der Waals surface area contributed by atoms with Gasteiger partial charge in [0, 0.05) is 30.8 Å². The summed E-state index contributed by atoms with van der Waals surface area (Å²) in [5.74, 6) is -1.60. The molecule has 2 aromatic rings. The SMILES string of the molecule is CCCCN1C(=O)[C@]2(/C(=C(\O)c3ccc4c(c3)OCCO4)C(=O)C(=O)N2C[C@@H]2CCCO2)c2ccccc21. The van der Waals surface area contributed by atoms with Crippen molar-refractivity contribution in [2.75, 3.05) is 37.8 Å². The summed E-state index contributed by atoms with van der Waals surface area (Å²) in [6.07, 6.45) is 2.87. The third-order valence-corrected chi connectivity index (χ3v) is 7.77. The molecular formula is C29H30N2O7. The third kappa shape index (κ3) is 3.52. The summed E-state index contributed by atoms with van der Waals surface area (Å²) < 4.78 is 17.1. The number of hydrogen-bond acceptors (Lipinski definition) is 7. The zero-order valence-electron chi connectivity index (χ0n) is 21.3. The Kier molecular flexibility index (Phi) is 6.10. The molecule has 0 aliphatic carbocycles. The first-order chi connectivity index (χ1) is 18.5. The molecule has 0 aromatic heterocycles. The molecule has 4 aliphatic rings. The van der Waals surface area contributed by atoms with E-state index in [9.17, 15) is 19.5 Å². The highest BCUT2D eigenvalue weighted by Gasteiger charge is 2.67. The first-order valence-electron chi connectivity index (χ1n) is 13.2. The second-order valence-corrected chi connectivity index (χ2v) is 10.00. The number of carbonyl (C=O) groups is 3. The summed E-state index contributed by atoms with van der Waals surface area (Å²) in [5.41, 5.74) is -0.604. The van der Waals surface area contributed by atoms with Crippen molar-refractivity contribution in [1.82, 2.24) is 4.90 Å². The maximum absolute atomic E-state index is 14.5. The van der Waals surface area contributed by atoms with Crippen molar-refractivity contribution in [2.24, 2.45) is 0 Å². The highest BCUT2D eigenvalue weighted by atomic mass is 16.6. The van der Waals surface area contributed by atoms with Crippen LogP contribution in [0.2, 0.25) is 0 Å². The van der Waals surface area contributed by atoms with Crippen LogP contribution in [0.5, 0.6) is 11.5 Å². The van der Waals surface area contributed by atoms with Gasteiger partial charge in [0.25, 0.3) is 17.6 Å². The summed E-state index contributed by atoms with van der Waals surface area (Å²) in [6.45, 7) is 3.86. The highest BCUT2D eigenvalue weighted by molar-refractivity contribution is 6.50. The molecule has 1 N–H and O–H groups in total. The van der Waals surface area contributed by atoms with Crippen molar-refractivity contribution < 1.29 is 33.7 Å². The van der Waals surface area contributed by atoms with E-state index in [-0.39, 0.29) is 23.8 Å². The van der Waals surface area contributed by atoms with E-state index in [0.717, 1.165) is 25.7 Å². The van der Waals surface area contributed by atoms with E-state index >= 15 is 0 Å². The number of ketones is 1. The highest BCUT2D eigenvalue weighted by Crippen LogP contribution is 2.54. The fourth-order valence-electron chi connectivity index (χ4n) is 5.98. The lowest BCUT2D eigenvalue weighted by atomic mass is 9.81. The molecule has 4 aliphatic heterocycles. The smallest absolute Gasteiger partial charge is 0.296 e. The zero-order chi connectivity index (χ0) is 26.4. The number of rotatable bonds is 6. The maximum atomic E-state index is 14.5. The Morgan fingerprint density at radius 2 is 1.84 bits per heavy atom. The number of likely N-dealkylation sites (tertiary alicyclic amines) is 1. The van der Waals surface area contributed by atoms with Crippen molar-refractivity contribution in [1.29, 1.82) is 0 Å². The Labute approximate surface area is 220 Å². The van der Waals surface area contributed by atoms with Crippen LogP contribution in [0, 0.1) is 0 Å². The van der Waals surface area contributed by atoms with Gasteiger partial charge in [-0.3, -0.25) is 14.4 Å². The molecule has 2 amide bonds. The van der Waals surface area contributed by atoms with Crippen LogP contribution < -0.4 is 14.4 Å². The first kappa shape index (κ1) is 24.5. The van der Waals surface area contributed by atoms with Crippen molar-refractivity contribution in [3.05, 3.63) is 59.2 Å². The van der Waals surface area contributed by atoms with Gasteiger partial charge in [0.1, 0.15) is 19.0 Å². The van der Waals surface area contributed by atoms with E-state index in [1.807, 2.05) is 19.1 Å². The quantitative estimate of drug-likeness (QED) is 0.355. The fraction of sp³-hybridized carbons (Fsp3) is 0.414. The second-order valence-electron chi connectivity index (χ2n) is 10.00. The van der Waals surface area contributed by atoms with Crippen molar-refractivity contribution in [3.63, 3.8) is 0 Å². The van der Waals surface area contributed by atoms with E-state index in [1.54, 1.807) is 35.2 Å². The van der Waals surface area contributed by atoms with Crippen LogP contribution in [0.3, 0.4) is 0 Å². The minimum absolute atomic E-state index is 0.0736. The van der Waals surface area contributed by atoms with Crippen LogP contribution in [-0.4, -0.2) is 66.6 Å². The Hall–Kier alpha value is -3.85. The topological polar surface area (TPSA) is 106 Å². The second kappa shape index (κ2) is 9.47. The number of unbranched alkanes of at least 4 members (excludes halogenated alkanes) is 1. The predicted molar refractivity (Wildman–Crippen MR) is 138 cm³/mol. The number of hydrogen-bond donors (Lipinski definition) is 1. The van der Waals surface area contributed by atoms with Gasteiger partial charge in [-0.25, -0.2) is 0 Å². The molecule has 198 valence electrons.